The highest BCUT2D eigenvalue weighted by Gasteiger charge is 2.25. The van der Waals surface area contributed by atoms with Crippen LogP contribution in [-0.2, 0) is 22.8 Å². The molecular weight excluding hydrogens is 366 g/mol. The molecule has 6 nitrogen and oxygen atoms in total. The maximum Gasteiger partial charge on any atom is 0.206 e. The van der Waals surface area contributed by atoms with Crippen LogP contribution in [0, 0.1) is 0 Å². The van der Waals surface area contributed by atoms with Crippen LogP contribution in [0.15, 0.2) is 50.6 Å². The summed E-state index contributed by atoms with van der Waals surface area (Å²) < 4.78 is 37.7. The van der Waals surface area contributed by atoms with Crippen LogP contribution in [0.2, 0.25) is 0 Å². The van der Waals surface area contributed by atoms with E-state index in [0.717, 1.165) is 29.7 Å². The van der Waals surface area contributed by atoms with Crippen LogP contribution >= 0.6 is 0 Å². The van der Waals surface area contributed by atoms with Gasteiger partial charge >= 0.3 is 0 Å². The van der Waals surface area contributed by atoms with Crippen LogP contribution in [0.4, 0.5) is 0 Å². The summed E-state index contributed by atoms with van der Waals surface area (Å²) in [6.45, 7) is 3.10. The first-order valence-electron chi connectivity index (χ1n) is 8.78. The summed E-state index contributed by atoms with van der Waals surface area (Å²) in [5.41, 5.74) is 2.22. The third-order valence-corrected chi connectivity index (χ3v) is 6.70. The molecule has 3 aromatic rings. The number of ether oxygens (including phenoxy) is 1. The summed E-state index contributed by atoms with van der Waals surface area (Å²) in [6, 6.07) is 9.43. The van der Waals surface area contributed by atoms with Crippen molar-refractivity contribution in [3.63, 3.8) is 0 Å². The standard InChI is InChI=1S/C20H21NO5S/c1-12(22)13-3-5-14(6-4-13)27(23,24)15-9-16-17-11-21-8-7-18(17)26-20(16)19(10-15)25-2/h3-6,9-10,12,21-22H,7-8,11H2,1-2H3/t12-/m0/s1. The zero-order valence-corrected chi connectivity index (χ0v) is 16.0. The fraction of sp³-hybridized carbons (Fsp3) is 0.300. The van der Waals surface area contributed by atoms with Crippen molar-refractivity contribution in [2.45, 2.75) is 35.8 Å². The zero-order chi connectivity index (χ0) is 19.2. The Morgan fingerprint density at radius 3 is 2.59 bits per heavy atom. The Morgan fingerprint density at radius 1 is 1.19 bits per heavy atom. The topological polar surface area (TPSA) is 88.8 Å². The summed E-state index contributed by atoms with van der Waals surface area (Å²) in [7, 11) is -2.23. The van der Waals surface area contributed by atoms with E-state index in [0.29, 0.717) is 23.4 Å². The fourth-order valence-corrected chi connectivity index (χ4v) is 4.72. The zero-order valence-electron chi connectivity index (χ0n) is 15.2. The molecule has 0 spiro atoms. The maximum atomic E-state index is 13.2. The van der Waals surface area contributed by atoms with Gasteiger partial charge in [-0.2, -0.15) is 0 Å². The van der Waals surface area contributed by atoms with Gasteiger partial charge in [0.15, 0.2) is 11.3 Å². The first-order valence-corrected chi connectivity index (χ1v) is 10.3. The van der Waals surface area contributed by atoms with Gasteiger partial charge in [0.1, 0.15) is 5.76 Å². The number of hydrogen-bond donors (Lipinski definition) is 2. The fourth-order valence-electron chi connectivity index (χ4n) is 3.42. The summed E-state index contributed by atoms with van der Waals surface area (Å²) in [5, 5.41) is 13.7. The summed E-state index contributed by atoms with van der Waals surface area (Å²) in [4.78, 5) is 0.328. The smallest absolute Gasteiger partial charge is 0.206 e. The monoisotopic (exact) mass is 387 g/mol. The lowest BCUT2D eigenvalue weighted by Crippen LogP contribution is -2.22. The van der Waals surface area contributed by atoms with Crippen molar-refractivity contribution in [2.75, 3.05) is 13.7 Å². The first-order chi connectivity index (χ1) is 12.9. The van der Waals surface area contributed by atoms with Gasteiger partial charge in [-0.05, 0) is 30.7 Å². The Balaban J connectivity index is 1.87. The van der Waals surface area contributed by atoms with Crippen LogP contribution in [0.25, 0.3) is 11.0 Å². The van der Waals surface area contributed by atoms with Crippen molar-refractivity contribution in [1.29, 1.82) is 0 Å². The highest BCUT2D eigenvalue weighted by Crippen LogP contribution is 2.38. The highest BCUT2D eigenvalue weighted by atomic mass is 32.2. The molecule has 2 aromatic carbocycles. The van der Waals surface area contributed by atoms with Gasteiger partial charge in [-0.15, -0.1) is 0 Å². The molecule has 0 bridgehead atoms. The van der Waals surface area contributed by atoms with Crippen LogP contribution in [0.3, 0.4) is 0 Å². The van der Waals surface area contributed by atoms with Gasteiger partial charge in [0, 0.05) is 36.5 Å². The SMILES string of the molecule is COc1cc(S(=O)(=O)c2ccc([C@H](C)O)cc2)cc2c3c(oc12)CCNC3. The molecule has 1 aliphatic rings. The Hall–Kier alpha value is -2.35. The van der Waals surface area contributed by atoms with Crippen molar-refractivity contribution in [3.05, 3.63) is 53.3 Å². The average Bonchev–Trinajstić information content (AvgIpc) is 3.06. The number of fused-ring (bicyclic) bond motifs is 3. The van der Waals surface area contributed by atoms with Crippen molar-refractivity contribution >= 4 is 20.8 Å². The lowest BCUT2D eigenvalue weighted by molar-refractivity contribution is 0.199. The Bertz CT molecular complexity index is 1100. The maximum absolute atomic E-state index is 13.2. The molecule has 7 heteroatoms. The van der Waals surface area contributed by atoms with Crippen molar-refractivity contribution < 1.29 is 22.7 Å². The largest absolute Gasteiger partial charge is 0.493 e. The second kappa shape index (κ2) is 6.67. The predicted octanol–water partition coefficient (Wildman–Crippen LogP) is 2.97. The van der Waals surface area contributed by atoms with E-state index in [1.165, 1.54) is 25.3 Å². The van der Waals surface area contributed by atoms with E-state index in [9.17, 15) is 13.5 Å². The van der Waals surface area contributed by atoms with Crippen molar-refractivity contribution in [2.24, 2.45) is 0 Å². The Morgan fingerprint density at radius 2 is 1.93 bits per heavy atom. The number of methoxy groups -OCH3 is 1. The number of nitrogens with one attached hydrogen (secondary N) is 1. The predicted molar refractivity (Wildman–Crippen MR) is 101 cm³/mol. The highest BCUT2D eigenvalue weighted by molar-refractivity contribution is 7.91. The minimum absolute atomic E-state index is 0.158. The number of hydrogen-bond acceptors (Lipinski definition) is 6. The number of aliphatic hydroxyl groups is 1. The molecule has 0 aliphatic carbocycles. The van der Waals surface area contributed by atoms with Gasteiger partial charge in [0.25, 0.3) is 0 Å². The van der Waals surface area contributed by atoms with E-state index in [1.54, 1.807) is 25.1 Å². The molecule has 2 N–H and O–H groups in total. The number of sulfone groups is 1. The van der Waals surface area contributed by atoms with Crippen LogP contribution in [0.1, 0.15) is 29.9 Å². The number of aliphatic hydroxyl groups excluding tert-OH is 1. The van der Waals surface area contributed by atoms with E-state index < -0.39 is 15.9 Å². The third kappa shape index (κ3) is 3.01. The molecule has 0 saturated carbocycles. The molecule has 0 saturated heterocycles. The molecule has 4 rings (SSSR count). The minimum Gasteiger partial charge on any atom is -0.493 e. The summed E-state index contributed by atoms with van der Waals surface area (Å²) in [6.07, 6.45) is 0.110. The van der Waals surface area contributed by atoms with E-state index >= 15 is 0 Å². The summed E-state index contributed by atoms with van der Waals surface area (Å²) >= 11 is 0. The van der Waals surface area contributed by atoms with Crippen LogP contribution in [0.5, 0.6) is 5.75 Å². The molecule has 0 fully saturated rings. The number of benzene rings is 2. The van der Waals surface area contributed by atoms with E-state index in [4.69, 9.17) is 9.15 Å². The molecule has 142 valence electrons. The normalized spacial score (nSPS) is 15.5. The lowest BCUT2D eigenvalue weighted by Gasteiger charge is -2.11. The van der Waals surface area contributed by atoms with Crippen LogP contribution < -0.4 is 10.1 Å². The average molecular weight is 387 g/mol. The third-order valence-electron chi connectivity index (χ3n) is 4.95. The first kappa shape index (κ1) is 18.0. The Kier molecular flexibility index (Phi) is 4.46. The molecule has 2 heterocycles. The molecule has 1 aromatic heterocycles. The van der Waals surface area contributed by atoms with E-state index in [1.807, 2.05) is 0 Å². The Labute approximate surface area is 157 Å². The second-order valence-corrected chi connectivity index (χ2v) is 8.63. The van der Waals surface area contributed by atoms with Crippen molar-refractivity contribution in [3.8, 4) is 5.75 Å². The van der Waals surface area contributed by atoms with E-state index in [2.05, 4.69) is 5.32 Å². The van der Waals surface area contributed by atoms with Gasteiger partial charge in [-0.1, -0.05) is 12.1 Å². The molecule has 0 radical (unpaired) electrons. The molecule has 1 atom stereocenters. The van der Waals surface area contributed by atoms with Gasteiger partial charge < -0.3 is 19.6 Å². The molecular formula is C20H21NO5S. The van der Waals surface area contributed by atoms with Gasteiger partial charge in [-0.3, -0.25) is 0 Å². The van der Waals surface area contributed by atoms with Gasteiger partial charge in [0.2, 0.25) is 9.84 Å². The van der Waals surface area contributed by atoms with Gasteiger partial charge in [-0.25, -0.2) is 8.42 Å². The summed E-state index contributed by atoms with van der Waals surface area (Å²) in [5.74, 6) is 1.28. The number of furan rings is 1. The van der Waals surface area contributed by atoms with Crippen molar-refractivity contribution in [1.82, 2.24) is 5.32 Å². The molecule has 0 unspecified atom stereocenters. The lowest BCUT2D eigenvalue weighted by atomic mass is 10.1. The quantitative estimate of drug-likeness (QED) is 0.716. The molecule has 27 heavy (non-hydrogen) atoms. The van der Waals surface area contributed by atoms with Crippen LogP contribution in [-0.4, -0.2) is 27.2 Å². The minimum atomic E-state index is -3.73. The van der Waals surface area contributed by atoms with Gasteiger partial charge in [0.05, 0.1) is 23.0 Å². The van der Waals surface area contributed by atoms with E-state index in [-0.39, 0.29) is 9.79 Å². The molecule has 1 aliphatic heterocycles. The number of rotatable bonds is 4. The molecule has 0 amide bonds. The second-order valence-electron chi connectivity index (χ2n) is 6.68.